The zero-order valence-corrected chi connectivity index (χ0v) is 13.7. The predicted octanol–water partition coefficient (Wildman–Crippen LogP) is 3.72. The van der Waals surface area contributed by atoms with Gasteiger partial charge in [-0.1, -0.05) is 0 Å². The number of carbonyl (C=O) groups excluding carboxylic acids is 1. The highest BCUT2D eigenvalue weighted by atomic mass is 32.2. The Morgan fingerprint density at radius 1 is 1.13 bits per heavy atom. The summed E-state index contributed by atoms with van der Waals surface area (Å²) in [5, 5.41) is 6.22. The number of hydrogen-bond donors (Lipinski definition) is 0. The largest absolute Gasteiger partial charge is 0.289 e. The molecule has 0 atom stereocenters. The lowest BCUT2D eigenvalue weighted by atomic mass is 10.1. The van der Waals surface area contributed by atoms with Crippen LogP contribution in [0.2, 0.25) is 0 Å². The molecular formula is C18H17N3OS. The molecule has 2 heterocycles. The molecule has 0 spiro atoms. The van der Waals surface area contributed by atoms with Crippen molar-refractivity contribution < 1.29 is 4.79 Å². The van der Waals surface area contributed by atoms with Gasteiger partial charge < -0.3 is 0 Å². The molecule has 1 aromatic heterocycles. The SMILES string of the molecule is CSc1ccc(C(=O)/C=C(\c2ccncc2)N2CCC=N2)cc1. The summed E-state index contributed by atoms with van der Waals surface area (Å²) in [6.45, 7) is 0.785. The lowest BCUT2D eigenvalue weighted by molar-refractivity contribution is 0.104. The average Bonchev–Trinajstić information content (AvgIpc) is 3.14. The quantitative estimate of drug-likeness (QED) is 0.478. The van der Waals surface area contributed by atoms with Gasteiger partial charge in [-0.3, -0.25) is 14.8 Å². The Balaban J connectivity index is 1.93. The molecule has 0 bridgehead atoms. The summed E-state index contributed by atoms with van der Waals surface area (Å²) in [6.07, 6.45) is 9.88. The maximum atomic E-state index is 12.6. The summed E-state index contributed by atoms with van der Waals surface area (Å²) in [5.74, 6) is -0.0217. The summed E-state index contributed by atoms with van der Waals surface area (Å²) in [6, 6.07) is 11.4. The molecule has 23 heavy (non-hydrogen) atoms. The van der Waals surface area contributed by atoms with Gasteiger partial charge in [0.05, 0.1) is 5.70 Å². The number of nitrogens with zero attached hydrogens (tertiary/aromatic N) is 3. The molecule has 0 saturated heterocycles. The van der Waals surface area contributed by atoms with Crippen molar-refractivity contribution >= 4 is 29.5 Å². The van der Waals surface area contributed by atoms with Crippen molar-refractivity contribution in [2.24, 2.45) is 5.10 Å². The third-order valence-corrected chi connectivity index (χ3v) is 4.33. The molecular weight excluding hydrogens is 306 g/mol. The highest BCUT2D eigenvalue weighted by molar-refractivity contribution is 7.98. The van der Waals surface area contributed by atoms with E-state index in [9.17, 15) is 4.79 Å². The number of carbonyl (C=O) groups is 1. The van der Waals surface area contributed by atoms with Gasteiger partial charge in [-0.25, -0.2) is 0 Å². The minimum atomic E-state index is -0.0217. The molecule has 0 N–H and O–H groups in total. The van der Waals surface area contributed by atoms with Gasteiger partial charge in [0, 0.05) is 53.7 Å². The van der Waals surface area contributed by atoms with Crippen LogP contribution in [0.25, 0.3) is 5.70 Å². The number of rotatable bonds is 5. The monoisotopic (exact) mass is 323 g/mol. The zero-order valence-electron chi connectivity index (χ0n) is 12.8. The fourth-order valence-electron chi connectivity index (χ4n) is 2.37. The molecule has 2 aromatic rings. The van der Waals surface area contributed by atoms with Crippen LogP contribution in [0.15, 0.2) is 64.9 Å². The Labute approximate surface area is 139 Å². The van der Waals surface area contributed by atoms with Gasteiger partial charge in [0.1, 0.15) is 0 Å². The van der Waals surface area contributed by atoms with Gasteiger partial charge in [0.15, 0.2) is 5.78 Å². The number of ketones is 1. The second kappa shape index (κ2) is 7.24. The molecule has 4 nitrogen and oxygen atoms in total. The Kier molecular flexibility index (Phi) is 4.88. The molecule has 1 aliphatic heterocycles. The molecule has 3 rings (SSSR count). The Hall–Kier alpha value is -2.40. The second-order valence-electron chi connectivity index (χ2n) is 5.07. The topological polar surface area (TPSA) is 45.6 Å². The van der Waals surface area contributed by atoms with E-state index < -0.39 is 0 Å². The van der Waals surface area contributed by atoms with E-state index >= 15 is 0 Å². The van der Waals surface area contributed by atoms with Crippen LogP contribution in [0.5, 0.6) is 0 Å². The minimum Gasteiger partial charge on any atom is -0.289 e. The van der Waals surface area contributed by atoms with Crippen LogP contribution in [0.1, 0.15) is 22.3 Å². The van der Waals surface area contributed by atoms with Crippen molar-refractivity contribution in [1.29, 1.82) is 0 Å². The summed E-state index contributed by atoms with van der Waals surface area (Å²) in [7, 11) is 0. The molecule has 0 saturated carbocycles. The number of hydrazone groups is 1. The van der Waals surface area contributed by atoms with Crippen LogP contribution >= 0.6 is 11.8 Å². The third kappa shape index (κ3) is 3.68. The van der Waals surface area contributed by atoms with Gasteiger partial charge in [-0.2, -0.15) is 5.10 Å². The number of benzene rings is 1. The van der Waals surface area contributed by atoms with E-state index in [1.54, 1.807) is 30.2 Å². The first-order chi connectivity index (χ1) is 11.3. The zero-order chi connectivity index (χ0) is 16.1. The first kappa shape index (κ1) is 15.5. The van der Waals surface area contributed by atoms with E-state index in [4.69, 9.17) is 0 Å². The number of thioether (sulfide) groups is 1. The Morgan fingerprint density at radius 2 is 1.87 bits per heavy atom. The standard InChI is InChI=1S/C18H17N3OS/c1-23-16-5-3-15(4-6-16)18(22)13-17(21-12-2-9-20-21)14-7-10-19-11-8-14/h3-11,13H,2,12H2,1H3/b17-13+. The summed E-state index contributed by atoms with van der Waals surface area (Å²) < 4.78 is 0. The van der Waals surface area contributed by atoms with Gasteiger partial charge in [-0.05, 0) is 42.7 Å². The van der Waals surface area contributed by atoms with Gasteiger partial charge >= 0.3 is 0 Å². The van der Waals surface area contributed by atoms with Gasteiger partial charge in [0.2, 0.25) is 0 Å². The van der Waals surface area contributed by atoms with E-state index in [-0.39, 0.29) is 5.78 Å². The fraction of sp³-hybridized carbons (Fsp3) is 0.167. The molecule has 1 aliphatic rings. The smallest absolute Gasteiger partial charge is 0.187 e. The lowest BCUT2D eigenvalue weighted by Crippen LogP contribution is -2.14. The van der Waals surface area contributed by atoms with Crippen LogP contribution in [-0.4, -0.2) is 34.8 Å². The molecule has 0 radical (unpaired) electrons. The highest BCUT2D eigenvalue weighted by Gasteiger charge is 2.16. The van der Waals surface area contributed by atoms with Gasteiger partial charge in [-0.15, -0.1) is 11.8 Å². The fourth-order valence-corrected chi connectivity index (χ4v) is 2.78. The molecule has 116 valence electrons. The maximum Gasteiger partial charge on any atom is 0.187 e. The lowest BCUT2D eigenvalue weighted by Gasteiger charge is -2.18. The van der Waals surface area contributed by atoms with Gasteiger partial charge in [0.25, 0.3) is 0 Å². The van der Waals surface area contributed by atoms with Crippen LogP contribution in [0.4, 0.5) is 0 Å². The Morgan fingerprint density at radius 3 is 2.48 bits per heavy atom. The van der Waals surface area contributed by atoms with Crippen LogP contribution in [-0.2, 0) is 0 Å². The summed E-state index contributed by atoms with van der Waals surface area (Å²) >= 11 is 1.66. The normalized spacial score (nSPS) is 14.3. The highest BCUT2D eigenvalue weighted by Crippen LogP contribution is 2.23. The molecule has 0 unspecified atom stereocenters. The van der Waals surface area contributed by atoms with E-state index in [2.05, 4.69) is 10.1 Å². The second-order valence-corrected chi connectivity index (χ2v) is 5.95. The summed E-state index contributed by atoms with van der Waals surface area (Å²) in [4.78, 5) is 17.8. The van der Waals surface area contributed by atoms with Crippen molar-refractivity contribution in [2.75, 3.05) is 12.8 Å². The van der Waals surface area contributed by atoms with Crippen molar-refractivity contribution in [3.05, 3.63) is 66.0 Å². The molecule has 5 heteroatoms. The van der Waals surface area contributed by atoms with Crippen molar-refractivity contribution in [2.45, 2.75) is 11.3 Å². The van der Waals surface area contributed by atoms with Crippen molar-refractivity contribution in [3.8, 4) is 0 Å². The first-order valence-corrected chi connectivity index (χ1v) is 8.61. The average molecular weight is 323 g/mol. The molecule has 1 aromatic carbocycles. The number of pyridine rings is 1. The van der Waals surface area contributed by atoms with Crippen LogP contribution < -0.4 is 0 Å². The maximum absolute atomic E-state index is 12.6. The number of aromatic nitrogens is 1. The van der Waals surface area contributed by atoms with E-state index in [1.165, 1.54) is 0 Å². The van der Waals surface area contributed by atoms with E-state index in [1.807, 2.05) is 53.9 Å². The molecule has 0 aliphatic carbocycles. The molecule has 0 fully saturated rings. The predicted molar refractivity (Wildman–Crippen MR) is 94.6 cm³/mol. The minimum absolute atomic E-state index is 0.0217. The Bertz CT molecular complexity index is 739. The van der Waals surface area contributed by atoms with E-state index in [0.717, 1.165) is 29.1 Å². The number of hydrogen-bond acceptors (Lipinski definition) is 5. The van der Waals surface area contributed by atoms with Crippen LogP contribution in [0.3, 0.4) is 0 Å². The first-order valence-electron chi connectivity index (χ1n) is 7.38. The third-order valence-electron chi connectivity index (χ3n) is 3.59. The summed E-state index contributed by atoms with van der Waals surface area (Å²) in [5.41, 5.74) is 2.42. The number of allylic oxidation sites excluding steroid dienone is 1. The molecule has 0 amide bonds. The van der Waals surface area contributed by atoms with Crippen LogP contribution in [0, 0.1) is 0 Å². The van der Waals surface area contributed by atoms with Crippen molar-refractivity contribution in [1.82, 2.24) is 9.99 Å². The van der Waals surface area contributed by atoms with E-state index in [0.29, 0.717) is 5.56 Å². The van der Waals surface area contributed by atoms with Crippen molar-refractivity contribution in [3.63, 3.8) is 0 Å².